The van der Waals surface area contributed by atoms with Gasteiger partial charge in [0.1, 0.15) is 11.6 Å². The van der Waals surface area contributed by atoms with E-state index in [4.69, 9.17) is 0 Å². The predicted molar refractivity (Wildman–Crippen MR) is 79.0 cm³/mol. The average Bonchev–Trinajstić information content (AvgIpc) is 2.39. The van der Waals surface area contributed by atoms with Crippen molar-refractivity contribution in [3.63, 3.8) is 0 Å². The maximum atomic E-state index is 14.0. The Labute approximate surface area is 126 Å². The highest BCUT2D eigenvalue weighted by molar-refractivity contribution is 9.10. The number of ketones is 1. The van der Waals surface area contributed by atoms with Crippen molar-refractivity contribution in [2.45, 2.75) is 26.7 Å². The SMILES string of the molecule is CC(C)C(=O)C1CCCN(c2ccc(Br)cc2F)C1=O. The Hall–Kier alpha value is -1.23. The van der Waals surface area contributed by atoms with Gasteiger partial charge < -0.3 is 4.90 Å². The van der Waals surface area contributed by atoms with Gasteiger partial charge in [-0.15, -0.1) is 0 Å². The van der Waals surface area contributed by atoms with Crippen molar-refractivity contribution < 1.29 is 14.0 Å². The fourth-order valence-corrected chi connectivity index (χ4v) is 2.81. The molecule has 1 atom stereocenters. The number of piperidine rings is 1. The van der Waals surface area contributed by atoms with Crippen LogP contribution in [0.25, 0.3) is 0 Å². The molecule has 0 radical (unpaired) electrons. The Morgan fingerprint density at radius 1 is 1.45 bits per heavy atom. The molecular weight excluding hydrogens is 325 g/mol. The molecule has 5 heteroatoms. The first-order valence-corrected chi connectivity index (χ1v) is 7.51. The van der Waals surface area contributed by atoms with E-state index in [1.807, 2.05) is 0 Å². The number of amides is 1. The summed E-state index contributed by atoms with van der Waals surface area (Å²) in [6.45, 7) is 4.03. The van der Waals surface area contributed by atoms with Crippen LogP contribution in [0.4, 0.5) is 10.1 Å². The third-order valence-electron chi connectivity index (χ3n) is 3.55. The van der Waals surface area contributed by atoms with Gasteiger partial charge in [0.2, 0.25) is 5.91 Å². The number of anilines is 1. The maximum absolute atomic E-state index is 14.0. The monoisotopic (exact) mass is 341 g/mol. The third-order valence-corrected chi connectivity index (χ3v) is 4.04. The van der Waals surface area contributed by atoms with Gasteiger partial charge in [0.15, 0.2) is 0 Å². The lowest BCUT2D eigenvalue weighted by Crippen LogP contribution is -2.45. The number of benzene rings is 1. The largest absolute Gasteiger partial charge is 0.309 e. The number of Topliss-reactive ketones (excluding diaryl/α,β-unsaturated/α-hetero) is 1. The number of carbonyl (C=O) groups is 2. The van der Waals surface area contributed by atoms with Crippen molar-refractivity contribution in [1.82, 2.24) is 0 Å². The molecule has 1 fully saturated rings. The van der Waals surface area contributed by atoms with E-state index in [0.29, 0.717) is 23.9 Å². The first-order valence-electron chi connectivity index (χ1n) is 6.72. The lowest BCUT2D eigenvalue weighted by atomic mass is 9.87. The van der Waals surface area contributed by atoms with Gasteiger partial charge in [-0.2, -0.15) is 0 Å². The van der Waals surface area contributed by atoms with Crippen LogP contribution in [0.2, 0.25) is 0 Å². The highest BCUT2D eigenvalue weighted by Gasteiger charge is 2.36. The molecule has 3 nitrogen and oxygen atoms in total. The highest BCUT2D eigenvalue weighted by atomic mass is 79.9. The van der Waals surface area contributed by atoms with Crippen LogP contribution in [0.3, 0.4) is 0 Å². The Bertz CT molecular complexity index is 545. The minimum atomic E-state index is -0.633. The van der Waals surface area contributed by atoms with Gasteiger partial charge in [-0.05, 0) is 31.0 Å². The molecule has 0 N–H and O–H groups in total. The number of hydrogen-bond donors (Lipinski definition) is 0. The summed E-state index contributed by atoms with van der Waals surface area (Å²) in [5.41, 5.74) is 0.249. The third kappa shape index (κ3) is 2.92. The standard InChI is InChI=1S/C15H17BrFNO2/c1-9(2)14(19)11-4-3-7-18(15(11)20)13-6-5-10(16)8-12(13)17/h5-6,8-9,11H,3-4,7H2,1-2H3. The Kier molecular flexibility index (Phi) is 4.58. The van der Waals surface area contributed by atoms with Gasteiger partial charge in [-0.25, -0.2) is 4.39 Å². The Morgan fingerprint density at radius 3 is 2.75 bits per heavy atom. The molecule has 2 rings (SSSR count). The summed E-state index contributed by atoms with van der Waals surface area (Å²) in [5.74, 6) is -1.61. The second-order valence-corrected chi connectivity index (χ2v) is 6.25. The van der Waals surface area contributed by atoms with Crippen LogP contribution in [-0.4, -0.2) is 18.2 Å². The van der Waals surface area contributed by atoms with Gasteiger partial charge in [-0.1, -0.05) is 29.8 Å². The summed E-state index contributed by atoms with van der Waals surface area (Å²) in [4.78, 5) is 25.9. The van der Waals surface area contributed by atoms with E-state index in [2.05, 4.69) is 15.9 Å². The fraction of sp³-hybridized carbons (Fsp3) is 0.467. The lowest BCUT2D eigenvalue weighted by Gasteiger charge is -2.32. The zero-order valence-corrected chi connectivity index (χ0v) is 13.1. The summed E-state index contributed by atoms with van der Waals surface area (Å²) < 4.78 is 14.6. The van der Waals surface area contributed by atoms with E-state index in [9.17, 15) is 14.0 Å². The molecule has 0 aromatic heterocycles. The van der Waals surface area contributed by atoms with E-state index < -0.39 is 11.7 Å². The molecular formula is C15H17BrFNO2. The molecule has 0 aliphatic carbocycles. The first-order chi connectivity index (χ1) is 9.41. The molecule has 1 aliphatic rings. The smallest absolute Gasteiger partial charge is 0.237 e. The van der Waals surface area contributed by atoms with Crippen LogP contribution >= 0.6 is 15.9 Å². The summed E-state index contributed by atoms with van der Waals surface area (Å²) in [7, 11) is 0. The Balaban J connectivity index is 2.28. The van der Waals surface area contributed by atoms with E-state index >= 15 is 0 Å². The van der Waals surface area contributed by atoms with E-state index in [1.54, 1.807) is 26.0 Å². The van der Waals surface area contributed by atoms with Crippen molar-refractivity contribution in [3.8, 4) is 0 Å². The van der Waals surface area contributed by atoms with Gasteiger partial charge in [0.25, 0.3) is 0 Å². The molecule has 1 aliphatic heterocycles. The topological polar surface area (TPSA) is 37.4 Å². The maximum Gasteiger partial charge on any atom is 0.237 e. The van der Waals surface area contributed by atoms with Crippen LogP contribution in [-0.2, 0) is 9.59 Å². The van der Waals surface area contributed by atoms with E-state index in [1.165, 1.54) is 11.0 Å². The van der Waals surface area contributed by atoms with Crippen molar-refractivity contribution >= 4 is 33.3 Å². The van der Waals surface area contributed by atoms with Crippen LogP contribution in [0, 0.1) is 17.7 Å². The highest BCUT2D eigenvalue weighted by Crippen LogP contribution is 2.29. The molecule has 1 aromatic rings. The fourth-order valence-electron chi connectivity index (χ4n) is 2.48. The molecule has 20 heavy (non-hydrogen) atoms. The number of nitrogens with zero attached hydrogens (tertiary/aromatic N) is 1. The minimum absolute atomic E-state index is 0.0581. The molecule has 0 spiro atoms. The Morgan fingerprint density at radius 2 is 2.15 bits per heavy atom. The van der Waals surface area contributed by atoms with Crippen LogP contribution in [0.5, 0.6) is 0 Å². The predicted octanol–water partition coefficient (Wildman–Crippen LogP) is 3.56. The summed E-state index contributed by atoms with van der Waals surface area (Å²) >= 11 is 3.19. The molecule has 1 unspecified atom stereocenters. The van der Waals surface area contributed by atoms with Gasteiger partial charge in [0.05, 0.1) is 11.6 Å². The van der Waals surface area contributed by atoms with E-state index in [0.717, 1.165) is 0 Å². The second kappa shape index (κ2) is 6.04. The van der Waals surface area contributed by atoms with Gasteiger partial charge >= 0.3 is 0 Å². The zero-order chi connectivity index (χ0) is 14.9. The number of hydrogen-bond acceptors (Lipinski definition) is 2. The van der Waals surface area contributed by atoms with Crippen molar-refractivity contribution in [2.75, 3.05) is 11.4 Å². The van der Waals surface area contributed by atoms with Crippen molar-refractivity contribution in [2.24, 2.45) is 11.8 Å². The van der Waals surface area contributed by atoms with Crippen LogP contribution in [0.1, 0.15) is 26.7 Å². The van der Waals surface area contributed by atoms with Crippen LogP contribution < -0.4 is 4.90 Å². The lowest BCUT2D eigenvalue weighted by molar-refractivity contribution is -0.135. The molecule has 1 amide bonds. The van der Waals surface area contributed by atoms with Gasteiger partial charge in [-0.3, -0.25) is 9.59 Å². The summed E-state index contributed by atoms with van der Waals surface area (Å²) in [5, 5.41) is 0. The average molecular weight is 342 g/mol. The molecule has 1 saturated heterocycles. The van der Waals surface area contributed by atoms with Crippen molar-refractivity contribution in [3.05, 3.63) is 28.5 Å². The number of halogens is 2. The van der Waals surface area contributed by atoms with Crippen molar-refractivity contribution in [1.29, 1.82) is 0 Å². The summed E-state index contributed by atoms with van der Waals surface area (Å²) in [6.07, 6.45) is 1.27. The first kappa shape index (κ1) is 15.2. The molecule has 108 valence electrons. The quantitative estimate of drug-likeness (QED) is 0.788. The normalized spacial score (nSPS) is 19.6. The van der Waals surface area contributed by atoms with E-state index in [-0.39, 0.29) is 23.3 Å². The van der Waals surface area contributed by atoms with Gasteiger partial charge in [0, 0.05) is 16.9 Å². The molecule has 0 bridgehead atoms. The molecule has 1 heterocycles. The zero-order valence-electron chi connectivity index (χ0n) is 11.5. The second-order valence-electron chi connectivity index (χ2n) is 5.34. The number of carbonyl (C=O) groups excluding carboxylic acids is 2. The summed E-state index contributed by atoms with van der Waals surface area (Å²) in [6, 6.07) is 4.59. The number of rotatable bonds is 3. The van der Waals surface area contributed by atoms with Crippen LogP contribution in [0.15, 0.2) is 22.7 Å². The minimum Gasteiger partial charge on any atom is -0.309 e. The molecule has 1 aromatic carbocycles. The molecule has 0 saturated carbocycles.